The number of ether oxygens (including phenoxy) is 1. The van der Waals surface area contributed by atoms with Gasteiger partial charge in [0.05, 0.1) is 6.20 Å². The minimum Gasteiger partial charge on any atom is -0.459 e. The Labute approximate surface area is 207 Å². The van der Waals surface area contributed by atoms with Gasteiger partial charge in [-0.3, -0.25) is 14.2 Å². The fraction of sp³-hybridized carbons (Fsp3) is 0.200. The monoisotopic (exact) mass is 503 g/mol. The van der Waals surface area contributed by atoms with E-state index in [1.807, 2.05) is 30.3 Å². The van der Waals surface area contributed by atoms with Crippen LogP contribution >= 0.6 is 11.3 Å². The van der Waals surface area contributed by atoms with Crippen molar-refractivity contribution in [2.75, 3.05) is 5.32 Å². The number of aromatic nitrogens is 4. The molecule has 1 aliphatic carbocycles. The minimum atomic E-state index is -0.792. The van der Waals surface area contributed by atoms with Crippen molar-refractivity contribution in [2.24, 2.45) is 5.92 Å². The van der Waals surface area contributed by atoms with Gasteiger partial charge in [0.1, 0.15) is 30.0 Å². The van der Waals surface area contributed by atoms with Crippen LogP contribution < -0.4 is 10.9 Å². The summed E-state index contributed by atoms with van der Waals surface area (Å²) in [7, 11) is 0. The number of benzene rings is 2. The molecule has 2 aromatic carbocycles. The van der Waals surface area contributed by atoms with Crippen LogP contribution in [0, 0.1) is 11.7 Å². The average molecular weight is 504 g/mol. The molecular formula is C25H18FN5O4S. The van der Waals surface area contributed by atoms with Crippen molar-refractivity contribution in [3.8, 4) is 10.6 Å². The van der Waals surface area contributed by atoms with Crippen molar-refractivity contribution in [3.63, 3.8) is 0 Å². The van der Waals surface area contributed by atoms with Crippen molar-refractivity contribution in [1.29, 1.82) is 0 Å². The number of fused-ring (bicyclic) bond motifs is 3. The molecule has 4 aromatic rings. The maximum atomic E-state index is 14.0. The highest BCUT2D eigenvalue weighted by Crippen LogP contribution is 2.58. The first-order chi connectivity index (χ1) is 17.5. The summed E-state index contributed by atoms with van der Waals surface area (Å²) in [5.74, 6) is -1.18. The standard InChI is InChI=1S/C25H18FN5O4S/c26-17-9-5-4-8-14(17)22-29-30-23(36-22)21(32)28-18-11-27-20-16-10-15(16)19(31(20)24(18)33)25(34)35-12-13-6-2-1-3-7-13/h1-9,11,15-16,19H,10,12H2,(H,28,32)/t15-,16+,19+/m1/s1. The Hall–Kier alpha value is -4.25. The van der Waals surface area contributed by atoms with Crippen LogP contribution in [0.2, 0.25) is 0 Å². The second-order valence-electron chi connectivity index (χ2n) is 8.60. The molecule has 2 aromatic heterocycles. The van der Waals surface area contributed by atoms with Crippen LogP contribution in [0.5, 0.6) is 0 Å². The van der Waals surface area contributed by atoms with Gasteiger partial charge in [-0.15, -0.1) is 10.2 Å². The van der Waals surface area contributed by atoms with E-state index < -0.39 is 29.3 Å². The van der Waals surface area contributed by atoms with Crippen LogP contribution in [0.15, 0.2) is 65.6 Å². The first-order valence-corrected chi connectivity index (χ1v) is 12.0. The Balaban J connectivity index is 1.22. The van der Waals surface area contributed by atoms with Crippen LogP contribution in [0.4, 0.5) is 10.1 Å². The first kappa shape index (κ1) is 22.2. The minimum absolute atomic E-state index is 0.0169. The fourth-order valence-corrected chi connectivity index (χ4v) is 5.26. The summed E-state index contributed by atoms with van der Waals surface area (Å²) in [6.07, 6.45) is 2.05. The molecule has 1 fully saturated rings. The second kappa shape index (κ2) is 8.76. The zero-order valence-electron chi connectivity index (χ0n) is 18.6. The first-order valence-electron chi connectivity index (χ1n) is 11.2. The van der Waals surface area contributed by atoms with Gasteiger partial charge in [0.15, 0.2) is 5.01 Å². The number of rotatable bonds is 6. The summed E-state index contributed by atoms with van der Waals surface area (Å²) >= 11 is 0.899. The van der Waals surface area contributed by atoms with E-state index in [-0.39, 0.29) is 39.7 Å². The predicted molar refractivity (Wildman–Crippen MR) is 128 cm³/mol. The van der Waals surface area contributed by atoms with Gasteiger partial charge in [-0.25, -0.2) is 14.2 Å². The van der Waals surface area contributed by atoms with Crippen molar-refractivity contribution in [1.82, 2.24) is 19.7 Å². The van der Waals surface area contributed by atoms with E-state index in [0.717, 1.165) is 23.3 Å². The summed E-state index contributed by atoms with van der Waals surface area (Å²) in [6, 6.07) is 14.5. The molecule has 3 atom stereocenters. The normalized spacial score (nSPS) is 19.3. The van der Waals surface area contributed by atoms with E-state index in [2.05, 4.69) is 20.5 Å². The van der Waals surface area contributed by atoms with E-state index >= 15 is 0 Å². The topological polar surface area (TPSA) is 116 Å². The van der Waals surface area contributed by atoms with Gasteiger partial charge in [-0.2, -0.15) is 0 Å². The average Bonchev–Trinajstić information content (AvgIpc) is 3.37. The molecule has 0 radical (unpaired) electrons. The molecular weight excluding hydrogens is 485 g/mol. The molecule has 9 nitrogen and oxygen atoms in total. The summed E-state index contributed by atoms with van der Waals surface area (Å²) in [5, 5.41) is 10.4. The smallest absolute Gasteiger partial charge is 0.329 e. The van der Waals surface area contributed by atoms with Crippen LogP contribution in [0.3, 0.4) is 0 Å². The highest BCUT2D eigenvalue weighted by atomic mass is 32.1. The van der Waals surface area contributed by atoms with Crippen LogP contribution in [0.25, 0.3) is 10.6 Å². The molecule has 2 aliphatic rings. The van der Waals surface area contributed by atoms with Crippen molar-refractivity contribution < 1.29 is 18.7 Å². The van der Waals surface area contributed by atoms with Gasteiger partial charge in [-0.05, 0) is 24.1 Å². The summed E-state index contributed by atoms with van der Waals surface area (Å²) in [4.78, 5) is 43.4. The lowest BCUT2D eigenvalue weighted by Crippen LogP contribution is -2.34. The number of anilines is 1. The summed E-state index contributed by atoms with van der Waals surface area (Å²) in [5.41, 5.74) is 0.439. The van der Waals surface area contributed by atoms with E-state index in [9.17, 15) is 18.8 Å². The van der Waals surface area contributed by atoms with Crippen LogP contribution in [0.1, 0.15) is 39.6 Å². The predicted octanol–water partition coefficient (Wildman–Crippen LogP) is 3.55. The largest absolute Gasteiger partial charge is 0.459 e. The lowest BCUT2D eigenvalue weighted by atomic mass is 10.2. The van der Waals surface area contributed by atoms with Crippen molar-refractivity contribution in [3.05, 3.63) is 93.4 Å². The second-order valence-corrected chi connectivity index (χ2v) is 9.57. The molecule has 11 heteroatoms. The molecule has 1 aliphatic heterocycles. The number of amides is 1. The highest BCUT2D eigenvalue weighted by Gasteiger charge is 2.57. The Kier molecular flexibility index (Phi) is 5.41. The molecule has 0 bridgehead atoms. The number of hydrogen-bond acceptors (Lipinski definition) is 8. The number of carbonyl (C=O) groups is 2. The third-order valence-corrected chi connectivity index (χ3v) is 7.27. The number of carbonyl (C=O) groups excluding carboxylic acids is 2. The van der Waals surface area contributed by atoms with E-state index in [4.69, 9.17) is 4.74 Å². The molecule has 6 rings (SSSR count). The molecule has 1 amide bonds. The Bertz CT molecular complexity index is 1550. The molecule has 1 N–H and O–H groups in total. The SMILES string of the molecule is O=C(Nc1cnc2n(c1=O)[C@H](C(=O)OCc1ccccc1)[C@@H]1C[C@H]21)c1nnc(-c2ccccc2F)s1. The highest BCUT2D eigenvalue weighted by molar-refractivity contribution is 7.16. The Morgan fingerprint density at radius 1 is 1.11 bits per heavy atom. The Morgan fingerprint density at radius 3 is 2.69 bits per heavy atom. The third-order valence-electron chi connectivity index (χ3n) is 6.31. The molecule has 3 heterocycles. The van der Waals surface area contributed by atoms with Gasteiger partial charge in [0.25, 0.3) is 11.5 Å². The number of nitrogens with one attached hydrogen (secondary N) is 1. The molecule has 0 unspecified atom stereocenters. The van der Waals surface area contributed by atoms with Gasteiger partial charge in [-0.1, -0.05) is 53.8 Å². The molecule has 0 spiro atoms. The lowest BCUT2D eigenvalue weighted by molar-refractivity contribution is -0.149. The number of halogens is 1. The van der Waals surface area contributed by atoms with E-state index in [1.165, 1.54) is 22.9 Å². The van der Waals surface area contributed by atoms with Gasteiger partial charge in [0, 0.05) is 17.4 Å². The fourth-order valence-electron chi connectivity index (χ4n) is 4.49. The quantitative estimate of drug-likeness (QED) is 0.400. The number of esters is 1. The molecule has 180 valence electrons. The Morgan fingerprint density at radius 2 is 1.89 bits per heavy atom. The summed E-state index contributed by atoms with van der Waals surface area (Å²) in [6.45, 7) is 0.100. The molecule has 1 saturated carbocycles. The van der Waals surface area contributed by atoms with Crippen molar-refractivity contribution in [2.45, 2.75) is 25.0 Å². The zero-order chi connectivity index (χ0) is 24.8. The maximum absolute atomic E-state index is 14.0. The number of nitrogens with zero attached hydrogens (tertiary/aromatic N) is 4. The molecule has 0 saturated heterocycles. The van der Waals surface area contributed by atoms with Crippen LogP contribution in [-0.4, -0.2) is 31.6 Å². The van der Waals surface area contributed by atoms with E-state index in [1.54, 1.807) is 12.1 Å². The van der Waals surface area contributed by atoms with Gasteiger partial charge >= 0.3 is 5.97 Å². The lowest BCUT2D eigenvalue weighted by Gasteiger charge is -2.17. The number of hydrogen-bond donors (Lipinski definition) is 1. The maximum Gasteiger partial charge on any atom is 0.329 e. The van der Waals surface area contributed by atoms with Crippen LogP contribution in [-0.2, 0) is 16.1 Å². The van der Waals surface area contributed by atoms with E-state index in [0.29, 0.717) is 5.82 Å². The summed E-state index contributed by atoms with van der Waals surface area (Å²) < 4.78 is 20.9. The van der Waals surface area contributed by atoms with Crippen molar-refractivity contribution >= 4 is 28.9 Å². The molecule has 36 heavy (non-hydrogen) atoms. The van der Waals surface area contributed by atoms with Gasteiger partial charge in [0.2, 0.25) is 5.01 Å². The van der Waals surface area contributed by atoms with Gasteiger partial charge < -0.3 is 10.1 Å². The zero-order valence-corrected chi connectivity index (χ0v) is 19.4. The third kappa shape index (κ3) is 3.87.